The fraction of sp³-hybridized carbons (Fsp3) is 0.231. The molecule has 1 aliphatic rings. The largest absolute Gasteiger partial charge is 0.435 e. The number of hydrogen-bond acceptors (Lipinski definition) is 6. The molecule has 0 fully saturated rings. The van der Waals surface area contributed by atoms with Crippen LogP contribution in [0.4, 0.5) is 14.6 Å². The van der Waals surface area contributed by atoms with E-state index in [0.717, 1.165) is 22.8 Å². The molecule has 0 saturated carbocycles. The van der Waals surface area contributed by atoms with Gasteiger partial charge in [0, 0.05) is 22.6 Å². The third-order valence-corrected chi connectivity index (χ3v) is 4.02. The number of nitrogens with two attached hydrogens (primary N) is 1. The molecule has 110 valence electrons. The molecular weight excluding hydrogens is 298 g/mol. The lowest BCUT2D eigenvalue weighted by atomic mass is 10.2. The van der Waals surface area contributed by atoms with Crippen molar-refractivity contribution in [2.75, 3.05) is 5.43 Å². The van der Waals surface area contributed by atoms with E-state index in [1.54, 1.807) is 23.9 Å². The van der Waals surface area contributed by atoms with Crippen LogP contribution in [0.5, 0.6) is 5.75 Å². The van der Waals surface area contributed by atoms with Crippen molar-refractivity contribution in [3.63, 3.8) is 0 Å². The van der Waals surface area contributed by atoms with Gasteiger partial charge in [-0.15, -0.1) is 0 Å². The minimum absolute atomic E-state index is 0.0997. The van der Waals surface area contributed by atoms with Crippen LogP contribution in [0.15, 0.2) is 24.3 Å². The Hall–Kier alpha value is -1.93. The Kier molecular flexibility index (Phi) is 3.89. The average Bonchev–Trinajstić information content (AvgIpc) is 2.94. The number of alkyl halides is 2. The fourth-order valence-corrected chi connectivity index (χ4v) is 3.13. The lowest BCUT2D eigenvalue weighted by Gasteiger charge is -2.09. The summed E-state index contributed by atoms with van der Waals surface area (Å²) in [6.45, 7) is -2.84. The molecule has 3 N–H and O–H groups in total. The van der Waals surface area contributed by atoms with Crippen molar-refractivity contribution < 1.29 is 13.5 Å². The highest BCUT2D eigenvalue weighted by Gasteiger charge is 2.19. The van der Waals surface area contributed by atoms with E-state index in [2.05, 4.69) is 20.1 Å². The molecule has 0 atom stereocenters. The van der Waals surface area contributed by atoms with Crippen molar-refractivity contribution in [3.05, 3.63) is 35.5 Å². The SMILES string of the molecule is NNc1nc(-c2ccc(OC(F)F)cc2)nc2c1CSC2. The molecule has 21 heavy (non-hydrogen) atoms. The first-order valence-electron chi connectivity index (χ1n) is 6.17. The summed E-state index contributed by atoms with van der Waals surface area (Å²) in [5.74, 6) is 8.35. The first-order chi connectivity index (χ1) is 10.2. The van der Waals surface area contributed by atoms with Gasteiger partial charge in [-0.2, -0.15) is 20.5 Å². The molecule has 0 saturated heterocycles. The van der Waals surface area contributed by atoms with Gasteiger partial charge in [-0.25, -0.2) is 15.8 Å². The van der Waals surface area contributed by atoms with Gasteiger partial charge in [0.2, 0.25) is 0 Å². The van der Waals surface area contributed by atoms with Crippen LogP contribution in [0.3, 0.4) is 0 Å². The Morgan fingerprint density at radius 3 is 2.62 bits per heavy atom. The summed E-state index contributed by atoms with van der Waals surface area (Å²) >= 11 is 1.74. The Balaban J connectivity index is 1.93. The van der Waals surface area contributed by atoms with Gasteiger partial charge < -0.3 is 10.2 Å². The standard InChI is InChI=1S/C13H12F2N4OS/c14-13(15)20-8-3-1-7(2-4-8)11-17-10-6-21-5-9(10)12(18-11)19-16/h1-4,13H,5-6,16H2,(H,17,18,19). The van der Waals surface area contributed by atoms with Crippen molar-refractivity contribution in [1.82, 2.24) is 9.97 Å². The molecular formula is C13H12F2N4OS. The third-order valence-electron chi connectivity index (χ3n) is 3.05. The predicted molar refractivity (Wildman–Crippen MR) is 76.9 cm³/mol. The summed E-state index contributed by atoms with van der Waals surface area (Å²) in [5.41, 5.74) is 5.27. The zero-order chi connectivity index (χ0) is 14.8. The number of rotatable bonds is 4. The van der Waals surface area contributed by atoms with Crippen LogP contribution in [0, 0.1) is 0 Å². The molecule has 8 heteroatoms. The lowest BCUT2D eigenvalue weighted by Crippen LogP contribution is -2.12. The monoisotopic (exact) mass is 310 g/mol. The number of nitrogen functional groups attached to an aromatic ring is 1. The number of ether oxygens (including phenoxy) is 1. The molecule has 0 radical (unpaired) electrons. The smallest absolute Gasteiger partial charge is 0.387 e. The van der Waals surface area contributed by atoms with Gasteiger partial charge in [-0.3, -0.25) is 0 Å². The number of fused-ring (bicyclic) bond motifs is 1. The average molecular weight is 310 g/mol. The van der Waals surface area contributed by atoms with Gasteiger partial charge in [0.05, 0.1) is 5.69 Å². The summed E-state index contributed by atoms with van der Waals surface area (Å²) in [6.07, 6.45) is 0. The predicted octanol–water partition coefficient (Wildman–Crippen LogP) is 2.78. The van der Waals surface area contributed by atoms with Crippen LogP contribution < -0.4 is 16.0 Å². The molecule has 2 heterocycles. The molecule has 5 nitrogen and oxygen atoms in total. The molecule has 1 aromatic heterocycles. The van der Waals surface area contributed by atoms with Crippen LogP contribution in [0.25, 0.3) is 11.4 Å². The van der Waals surface area contributed by atoms with E-state index in [1.165, 1.54) is 12.1 Å². The second-order valence-electron chi connectivity index (χ2n) is 4.36. The Labute approximate surface area is 123 Å². The number of benzene rings is 1. The number of anilines is 1. The van der Waals surface area contributed by atoms with E-state index in [9.17, 15) is 8.78 Å². The van der Waals surface area contributed by atoms with Gasteiger partial charge in [0.1, 0.15) is 11.6 Å². The number of aromatic nitrogens is 2. The van der Waals surface area contributed by atoms with Crippen LogP contribution in [-0.2, 0) is 11.5 Å². The van der Waals surface area contributed by atoms with Crippen LogP contribution in [0.2, 0.25) is 0 Å². The zero-order valence-corrected chi connectivity index (χ0v) is 11.7. The van der Waals surface area contributed by atoms with Gasteiger partial charge in [-0.1, -0.05) is 0 Å². The van der Waals surface area contributed by atoms with Crippen LogP contribution in [0.1, 0.15) is 11.3 Å². The molecule has 1 aliphatic heterocycles. The van der Waals surface area contributed by atoms with Crippen molar-refractivity contribution in [2.24, 2.45) is 5.84 Å². The van der Waals surface area contributed by atoms with E-state index < -0.39 is 6.61 Å². The molecule has 0 aliphatic carbocycles. The van der Waals surface area contributed by atoms with Gasteiger partial charge in [0.25, 0.3) is 0 Å². The van der Waals surface area contributed by atoms with Crippen molar-refractivity contribution in [3.8, 4) is 17.1 Å². The molecule has 0 unspecified atom stereocenters. The quantitative estimate of drug-likeness (QED) is 0.668. The first kappa shape index (κ1) is 14.0. The highest BCUT2D eigenvalue weighted by molar-refractivity contribution is 7.98. The van der Waals surface area contributed by atoms with Gasteiger partial charge >= 0.3 is 6.61 Å². The minimum atomic E-state index is -2.84. The maximum absolute atomic E-state index is 12.1. The third kappa shape index (κ3) is 2.91. The molecule has 1 aromatic carbocycles. The number of hydrazine groups is 1. The number of halogens is 2. The highest BCUT2D eigenvalue weighted by atomic mass is 32.2. The van der Waals surface area contributed by atoms with Gasteiger partial charge in [0.15, 0.2) is 5.82 Å². The summed E-state index contributed by atoms with van der Waals surface area (Å²) in [6, 6.07) is 6.20. The lowest BCUT2D eigenvalue weighted by molar-refractivity contribution is -0.0498. The number of nitrogens with zero attached hydrogens (tertiary/aromatic N) is 2. The molecule has 3 rings (SSSR count). The normalized spacial score (nSPS) is 13.3. The number of hydrogen-bond donors (Lipinski definition) is 2. The van der Waals surface area contributed by atoms with Crippen LogP contribution in [-0.4, -0.2) is 16.6 Å². The minimum Gasteiger partial charge on any atom is -0.435 e. The summed E-state index contributed by atoms with van der Waals surface area (Å²) in [4.78, 5) is 8.88. The van der Waals surface area contributed by atoms with Crippen molar-refractivity contribution >= 4 is 17.6 Å². The topological polar surface area (TPSA) is 73.1 Å². The molecule has 0 amide bonds. The highest BCUT2D eigenvalue weighted by Crippen LogP contribution is 2.34. The Morgan fingerprint density at radius 1 is 1.19 bits per heavy atom. The summed E-state index contributed by atoms with van der Waals surface area (Å²) in [5, 5.41) is 0. The fourth-order valence-electron chi connectivity index (χ4n) is 2.09. The zero-order valence-electron chi connectivity index (χ0n) is 10.8. The second kappa shape index (κ2) is 5.82. The molecule has 0 spiro atoms. The first-order valence-corrected chi connectivity index (χ1v) is 7.32. The molecule has 2 aromatic rings. The second-order valence-corrected chi connectivity index (χ2v) is 5.35. The van der Waals surface area contributed by atoms with Crippen LogP contribution >= 0.6 is 11.8 Å². The van der Waals surface area contributed by atoms with Gasteiger partial charge in [-0.05, 0) is 24.3 Å². The molecule has 0 bridgehead atoms. The Morgan fingerprint density at radius 2 is 1.95 bits per heavy atom. The number of thioether (sulfide) groups is 1. The summed E-state index contributed by atoms with van der Waals surface area (Å²) in [7, 11) is 0. The maximum atomic E-state index is 12.1. The van der Waals surface area contributed by atoms with Crippen molar-refractivity contribution in [1.29, 1.82) is 0 Å². The van der Waals surface area contributed by atoms with E-state index >= 15 is 0 Å². The van der Waals surface area contributed by atoms with E-state index in [0.29, 0.717) is 17.2 Å². The number of nitrogens with one attached hydrogen (secondary N) is 1. The summed E-state index contributed by atoms with van der Waals surface area (Å²) < 4.78 is 28.6. The maximum Gasteiger partial charge on any atom is 0.387 e. The van der Waals surface area contributed by atoms with Crippen molar-refractivity contribution in [2.45, 2.75) is 18.1 Å². The van der Waals surface area contributed by atoms with E-state index in [-0.39, 0.29) is 5.75 Å². The Bertz CT molecular complexity index is 651. The van der Waals surface area contributed by atoms with E-state index in [4.69, 9.17) is 5.84 Å². The van der Waals surface area contributed by atoms with E-state index in [1.807, 2.05) is 0 Å².